The molecule has 2 rings (SSSR count). The molecule has 0 spiro atoms. The van der Waals surface area contributed by atoms with E-state index in [1.807, 2.05) is 19.4 Å². The highest BCUT2D eigenvalue weighted by atomic mass is 16.5. The van der Waals surface area contributed by atoms with Gasteiger partial charge in [-0.15, -0.1) is 0 Å². The largest absolute Gasteiger partial charge is 0.380 e. The van der Waals surface area contributed by atoms with Crippen LogP contribution < -0.4 is 5.32 Å². The van der Waals surface area contributed by atoms with Crippen molar-refractivity contribution < 1.29 is 4.74 Å². The molecule has 4 nitrogen and oxygen atoms in total. The fourth-order valence-electron chi connectivity index (χ4n) is 2.49. The fraction of sp³-hybridized carbons (Fsp3) is 0.769. The lowest BCUT2D eigenvalue weighted by atomic mass is 9.94. The van der Waals surface area contributed by atoms with E-state index in [2.05, 4.69) is 21.8 Å². The van der Waals surface area contributed by atoms with Crippen LogP contribution in [0.5, 0.6) is 0 Å². The summed E-state index contributed by atoms with van der Waals surface area (Å²) in [5, 5.41) is 3.41. The molecular formula is C13H23N3O. The normalized spacial score (nSPS) is 19.4. The second-order valence-corrected chi connectivity index (χ2v) is 4.76. The minimum atomic E-state index is 0.377. The van der Waals surface area contributed by atoms with Gasteiger partial charge in [-0.05, 0) is 39.8 Å². The Hall–Kier alpha value is -0.870. The molecule has 1 aromatic rings. The van der Waals surface area contributed by atoms with Crippen LogP contribution in [0.4, 0.5) is 0 Å². The predicted molar refractivity (Wildman–Crippen MR) is 68.3 cm³/mol. The molecule has 1 aliphatic rings. The lowest BCUT2D eigenvalue weighted by Gasteiger charge is -2.25. The molecule has 1 atom stereocenters. The summed E-state index contributed by atoms with van der Waals surface area (Å²) in [6.45, 7) is 8.02. The Morgan fingerprint density at radius 3 is 3.00 bits per heavy atom. The van der Waals surface area contributed by atoms with E-state index in [9.17, 15) is 0 Å². The highest BCUT2D eigenvalue weighted by molar-refractivity contribution is 5.09. The quantitative estimate of drug-likeness (QED) is 0.850. The lowest BCUT2D eigenvalue weighted by Crippen LogP contribution is -2.28. The van der Waals surface area contributed by atoms with Gasteiger partial charge in [-0.25, -0.2) is 4.98 Å². The van der Waals surface area contributed by atoms with Crippen molar-refractivity contribution in [3.8, 4) is 0 Å². The molecule has 0 aliphatic carbocycles. The first-order chi connectivity index (χ1) is 8.33. The van der Waals surface area contributed by atoms with Crippen LogP contribution in [0.1, 0.15) is 44.3 Å². The number of ether oxygens (including phenoxy) is 1. The summed E-state index contributed by atoms with van der Waals surface area (Å²) < 4.78 is 7.78. The van der Waals surface area contributed by atoms with Crippen molar-refractivity contribution >= 4 is 0 Å². The summed E-state index contributed by atoms with van der Waals surface area (Å²) in [7, 11) is 0. The molecule has 1 saturated heterocycles. The molecule has 17 heavy (non-hydrogen) atoms. The van der Waals surface area contributed by atoms with Gasteiger partial charge >= 0.3 is 0 Å². The van der Waals surface area contributed by atoms with E-state index in [1.165, 1.54) is 18.5 Å². The van der Waals surface area contributed by atoms with Gasteiger partial charge in [-0.1, -0.05) is 0 Å². The molecule has 4 heteroatoms. The fourth-order valence-corrected chi connectivity index (χ4v) is 2.49. The maximum Gasteiger partial charge on any atom is 0.0951 e. The minimum absolute atomic E-state index is 0.377. The number of rotatable bonds is 5. The van der Waals surface area contributed by atoms with E-state index in [1.54, 1.807) is 0 Å². The average Bonchev–Trinajstić information content (AvgIpc) is 2.86. The van der Waals surface area contributed by atoms with Crippen LogP contribution in [-0.2, 0) is 4.74 Å². The van der Waals surface area contributed by atoms with Crippen LogP contribution in [-0.4, -0.2) is 35.9 Å². The predicted octanol–water partition coefficient (Wildman–Crippen LogP) is 1.95. The zero-order chi connectivity index (χ0) is 12.1. The van der Waals surface area contributed by atoms with Crippen LogP contribution in [0.25, 0.3) is 0 Å². The molecule has 1 fully saturated rings. The molecule has 1 aromatic heterocycles. The minimum Gasteiger partial charge on any atom is -0.380 e. The molecule has 1 aliphatic heterocycles. The standard InChI is InChI=1S/C13H23N3O/c1-3-17-9-11(2)16-10-15-8-13(16)12-4-6-14-7-5-12/h8,10-12,14H,3-7,9H2,1-2H3. The van der Waals surface area contributed by atoms with E-state index in [4.69, 9.17) is 4.74 Å². The first-order valence-corrected chi connectivity index (χ1v) is 6.63. The number of hydrogen-bond acceptors (Lipinski definition) is 3. The van der Waals surface area contributed by atoms with Gasteiger partial charge in [-0.3, -0.25) is 0 Å². The van der Waals surface area contributed by atoms with E-state index in [-0.39, 0.29) is 0 Å². The molecule has 1 unspecified atom stereocenters. The second kappa shape index (κ2) is 6.17. The number of piperidine rings is 1. The van der Waals surface area contributed by atoms with Gasteiger partial charge in [-0.2, -0.15) is 0 Å². The highest BCUT2D eigenvalue weighted by Gasteiger charge is 2.20. The summed E-state index contributed by atoms with van der Waals surface area (Å²) in [4.78, 5) is 4.31. The molecule has 96 valence electrons. The summed E-state index contributed by atoms with van der Waals surface area (Å²) in [6.07, 6.45) is 6.40. The molecule has 0 aromatic carbocycles. The van der Waals surface area contributed by atoms with Gasteiger partial charge < -0.3 is 14.6 Å². The van der Waals surface area contributed by atoms with Crippen molar-refractivity contribution in [1.82, 2.24) is 14.9 Å². The zero-order valence-corrected chi connectivity index (χ0v) is 10.9. The van der Waals surface area contributed by atoms with Crippen LogP contribution in [0.3, 0.4) is 0 Å². The molecule has 0 amide bonds. The van der Waals surface area contributed by atoms with E-state index >= 15 is 0 Å². The third kappa shape index (κ3) is 3.07. The van der Waals surface area contributed by atoms with Gasteiger partial charge in [0.05, 0.1) is 19.0 Å². The highest BCUT2D eigenvalue weighted by Crippen LogP contribution is 2.26. The zero-order valence-electron chi connectivity index (χ0n) is 10.9. The number of nitrogens with zero attached hydrogens (tertiary/aromatic N) is 2. The van der Waals surface area contributed by atoms with E-state index < -0.39 is 0 Å². The van der Waals surface area contributed by atoms with Crippen LogP contribution in [0.2, 0.25) is 0 Å². The Balaban J connectivity index is 2.04. The van der Waals surface area contributed by atoms with Crippen LogP contribution in [0, 0.1) is 0 Å². The first kappa shape index (κ1) is 12.6. The molecule has 0 saturated carbocycles. The SMILES string of the molecule is CCOCC(C)n1cncc1C1CCNCC1. The van der Waals surface area contributed by atoms with Gasteiger partial charge in [0.1, 0.15) is 0 Å². The summed E-state index contributed by atoms with van der Waals surface area (Å²) in [6, 6.07) is 0.377. The maximum absolute atomic E-state index is 5.50. The van der Waals surface area contributed by atoms with E-state index in [0.29, 0.717) is 12.0 Å². The van der Waals surface area contributed by atoms with Crippen LogP contribution in [0.15, 0.2) is 12.5 Å². The van der Waals surface area contributed by atoms with Crippen molar-refractivity contribution in [1.29, 1.82) is 0 Å². The number of aromatic nitrogens is 2. The molecule has 0 bridgehead atoms. The molecular weight excluding hydrogens is 214 g/mol. The monoisotopic (exact) mass is 237 g/mol. The second-order valence-electron chi connectivity index (χ2n) is 4.76. The van der Waals surface area contributed by atoms with Crippen molar-refractivity contribution in [2.45, 2.75) is 38.6 Å². The van der Waals surface area contributed by atoms with Crippen molar-refractivity contribution in [3.63, 3.8) is 0 Å². The van der Waals surface area contributed by atoms with Gasteiger partial charge in [0.25, 0.3) is 0 Å². The smallest absolute Gasteiger partial charge is 0.0951 e. The van der Waals surface area contributed by atoms with Gasteiger partial charge in [0, 0.05) is 24.4 Å². The Bertz CT molecular complexity index is 331. The number of imidazole rings is 1. The topological polar surface area (TPSA) is 39.1 Å². The Morgan fingerprint density at radius 2 is 2.29 bits per heavy atom. The Morgan fingerprint density at radius 1 is 1.53 bits per heavy atom. The summed E-state index contributed by atoms with van der Waals surface area (Å²) in [5.41, 5.74) is 1.37. The van der Waals surface area contributed by atoms with Crippen LogP contribution >= 0.6 is 0 Å². The average molecular weight is 237 g/mol. The van der Waals surface area contributed by atoms with Crippen molar-refractivity contribution in [2.24, 2.45) is 0 Å². The van der Waals surface area contributed by atoms with Crippen molar-refractivity contribution in [2.75, 3.05) is 26.3 Å². The number of nitrogens with one attached hydrogen (secondary N) is 1. The summed E-state index contributed by atoms with van der Waals surface area (Å²) >= 11 is 0. The summed E-state index contributed by atoms with van der Waals surface area (Å²) in [5.74, 6) is 0.655. The molecule has 0 radical (unpaired) electrons. The van der Waals surface area contributed by atoms with Gasteiger partial charge in [0.2, 0.25) is 0 Å². The van der Waals surface area contributed by atoms with Crippen molar-refractivity contribution in [3.05, 3.63) is 18.2 Å². The maximum atomic E-state index is 5.50. The molecule has 1 N–H and O–H groups in total. The Labute approximate surface area is 103 Å². The lowest BCUT2D eigenvalue weighted by molar-refractivity contribution is 0.117. The Kier molecular flexibility index (Phi) is 4.57. The van der Waals surface area contributed by atoms with Gasteiger partial charge in [0.15, 0.2) is 0 Å². The molecule has 2 heterocycles. The first-order valence-electron chi connectivity index (χ1n) is 6.63. The van der Waals surface area contributed by atoms with E-state index in [0.717, 1.165) is 26.3 Å². The third-order valence-corrected chi connectivity index (χ3v) is 3.49. The number of hydrogen-bond donors (Lipinski definition) is 1. The third-order valence-electron chi connectivity index (χ3n) is 3.49.